The molecule has 0 saturated carbocycles. The fourth-order valence-electron chi connectivity index (χ4n) is 1.95. The zero-order valence-electron chi connectivity index (χ0n) is 9.51. The molecular weight excluding hydrogens is 212 g/mol. The quantitative estimate of drug-likeness (QED) is 0.547. The van der Waals surface area contributed by atoms with Gasteiger partial charge in [-0.3, -0.25) is 11.3 Å². The van der Waals surface area contributed by atoms with Crippen LogP contribution in [0.15, 0.2) is 60.7 Å². The third-order valence-corrected chi connectivity index (χ3v) is 2.86. The van der Waals surface area contributed by atoms with E-state index in [1.54, 1.807) is 0 Å². The fraction of sp³-hybridized carbons (Fsp3) is 0.143. The van der Waals surface area contributed by atoms with Crippen LogP contribution in [0.25, 0.3) is 0 Å². The lowest BCUT2D eigenvalue weighted by atomic mass is 9.86. The molecule has 88 valence electrons. The largest absolute Gasteiger partial charge is 0.379 e. The van der Waals surface area contributed by atoms with Crippen molar-refractivity contribution in [1.82, 2.24) is 5.43 Å². The zero-order valence-corrected chi connectivity index (χ0v) is 9.51. The van der Waals surface area contributed by atoms with Crippen molar-refractivity contribution in [1.29, 1.82) is 0 Å². The molecule has 2 rings (SSSR count). The molecule has 2 aromatic rings. The molecule has 0 aliphatic heterocycles. The maximum Gasteiger partial charge on any atom is 0.128 e. The molecule has 17 heavy (non-hydrogen) atoms. The highest BCUT2D eigenvalue weighted by Gasteiger charge is 2.30. The topological polar surface area (TPSA) is 58.3 Å². The van der Waals surface area contributed by atoms with Gasteiger partial charge in [0, 0.05) is 6.54 Å². The van der Waals surface area contributed by atoms with Crippen LogP contribution in [-0.4, -0.2) is 11.7 Å². The van der Waals surface area contributed by atoms with Gasteiger partial charge in [-0.25, -0.2) is 0 Å². The van der Waals surface area contributed by atoms with Gasteiger partial charge in [0.2, 0.25) is 0 Å². The molecule has 0 amide bonds. The number of hydrogen-bond acceptors (Lipinski definition) is 3. The summed E-state index contributed by atoms with van der Waals surface area (Å²) in [5, 5.41) is 10.8. The van der Waals surface area contributed by atoms with Crippen molar-refractivity contribution in [2.45, 2.75) is 5.60 Å². The summed E-state index contributed by atoms with van der Waals surface area (Å²) in [4.78, 5) is 0. The Labute approximate surface area is 101 Å². The summed E-state index contributed by atoms with van der Waals surface area (Å²) in [7, 11) is 0. The Bertz CT molecular complexity index is 417. The molecule has 3 heteroatoms. The third kappa shape index (κ3) is 2.36. The second-order valence-electron chi connectivity index (χ2n) is 3.97. The first-order valence-electron chi connectivity index (χ1n) is 5.54. The van der Waals surface area contributed by atoms with Gasteiger partial charge in [0.1, 0.15) is 5.60 Å². The van der Waals surface area contributed by atoms with Crippen LogP contribution in [0.1, 0.15) is 11.1 Å². The molecule has 0 spiro atoms. The molecular formula is C14H16N2O. The second kappa shape index (κ2) is 5.10. The van der Waals surface area contributed by atoms with Crippen molar-refractivity contribution in [3.05, 3.63) is 71.8 Å². The van der Waals surface area contributed by atoms with Gasteiger partial charge in [-0.15, -0.1) is 0 Å². The minimum absolute atomic E-state index is 0.265. The maximum absolute atomic E-state index is 10.8. The van der Waals surface area contributed by atoms with Gasteiger partial charge < -0.3 is 5.11 Å². The summed E-state index contributed by atoms with van der Waals surface area (Å²) in [6.07, 6.45) is 0. The van der Waals surface area contributed by atoms with Gasteiger partial charge in [0.05, 0.1) is 0 Å². The Morgan fingerprint density at radius 1 is 0.882 bits per heavy atom. The number of nitrogens with one attached hydrogen (secondary N) is 1. The Morgan fingerprint density at radius 3 is 1.65 bits per heavy atom. The first kappa shape index (κ1) is 11.8. The molecule has 2 aromatic carbocycles. The van der Waals surface area contributed by atoms with E-state index in [2.05, 4.69) is 5.43 Å². The molecule has 0 unspecified atom stereocenters. The van der Waals surface area contributed by atoms with Crippen LogP contribution in [0.2, 0.25) is 0 Å². The Hall–Kier alpha value is -1.68. The smallest absolute Gasteiger partial charge is 0.128 e. The first-order valence-corrected chi connectivity index (χ1v) is 5.54. The van der Waals surface area contributed by atoms with Crippen LogP contribution in [0.5, 0.6) is 0 Å². The molecule has 0 atom stereocenters. The van der Waals surface area contributed by atoms with Gasteiger partial charge in [-0.05, 0) is 11.1 Å². The lowest BCUT2D eigenvalue weighted by Crippen LogP contribution is -2.42. The van der Waals surface area contributed by atoms with Gasteiger partial charge in [0.25, 0.3) is 0 Å². The normalized spacial score (nSPS) is 11.4. The molecule has 0 fully saturated rings. The highest BCUT2D eigenvalue weighted by Crippen LogP contribution is 2.28. The van der Waals surface area contributed by atoms with Crippen LogP contribution in [0.4, 0.5) is 0 Å². The van der Waals surface area contributed by atoms with Crippen molar-refractivity contribution in [3.8, 4) is 0 Å². The van der Waals surface area contributed by atoms with Crippen LogP contribution in [-0.2, 0) is 5.60 Å². The van der Waals surface area contributed by atoms with E-state index < -0.39 is 5.60 Å². The number of nitrogens with two attached hydrogens (primary N) is 1. The van der Waals surface area contributed by atoms with E-state index in [1.165, 1.54) is 0 Å². The van der Waals surface area contributed by atoms with Crippen LogP contribution >= 0.6 is 0 Å². The molecule has 0 aliphatic rings. The minimum Gasteiger partial charge on any atom is -0.379 e. The standard InChI is InChI=1S/C14H16N2O/c15-16-11-14(17,12-7-3-1-4-8-12)13-9-5-2-6-10-13/h1-10,16-17H,11,15H2. The van der Waals surface area contributed by atoms with E-state index in [1.807, 2.05) is 60.7 Å². The first-order chi connectivity index (χ1) is 8.27. The van der Waals surface area contributed by atoms with Gasteiger partial charge in [0.15, 0.2) is 0 Å². The molecule has 4 N–H and O–H groups in total. The van der Waals surface area contributed by atoms with E-state index in [9.17, 15) is 5.11 Å². The number of rotatable bonds is 4. The summed E-state index contributed by atoms with van der Waals surface area (Å²) in [6.45, 7) is 0.265. The molecule has 0 aliphatic carbocycles. The summed E-state index contributed by atoms with van der Waals surface area (Å²) < 4.78 is 0. The Balaban J connectivity index is 2.47. The third-order valence-electron chi connectivity index (χ3n) is 2.86. The molecule has 3 nitrogen and oxygen atoms in total. The molecule has 0 radical (unpaired) electrons. The van der Waals surface area contributed by atoms with Crippen molar-refractivity contribution in [3.63, 3.8) is 0 Å². The summed E-state index contributed by atoms with van der Waals surface area (Å²) in [5.74, 6) is 5.38. The van der Waals surface area contributed by atoms with E-state index in [-0.39, 0.29) is 6.54 Å². The fourth-order valence-corrected chi connectivity index (χ4v) is 1.95. The minimum atomic E-state index is -1.10. The highest BCUT2D eigenvalue weighted by molar-refractivity contribution is 5.36. The number of aliphatic hydroxyl groups is 1. The van der Waals surface area contributed by atoms with E-state index in [0.717, 1.165) is 11.1 Å². The van der Waals surface area contributed by atoms with Crippen LogP contribution in [0.3, 0.4) is 0 Å². The number of benzene rings is 2. The van der Waals surface area contributed by atoms with Crippen molar-refractivity contribution < 1.29 is 5.11 Å². The van der Waals surface area contributed by atoms with E-state index in [4.69, 9.17) is 5.84 Å². The summed E-state index contributed by atoms with van der Waals surface area (Å²) in [5.41, 5.74) is 3.10. The molecule has 0 heterocycles. The van der Waals surface area contributed by atoms with Crippen molar-refractivity contribution >= 4 is 0 Å². The summed E-state index contributed by atoms with van der Waals surface area (Å²) >= 11 is 0. The second-order valence-corrected chi connectivity index (χ2v) is 3.97. The number of hydrazine groups is 1. The average Bonchev–Trinajstić information content (AvgIpc) is 2.41. The predicted octanol–water partition coefficient (Wildman–Crippen LogP) is 1.39. The lowest BCUT2D eigenvalue weighted by Gasteiger charge is -2.29. The van der Waals surface area contributed by atoms with Crippen molar-refractivity contribution in [2.24, 2.45) is 5.84 Å². The van der Waals surface area contributed by atoms with Crippen LogP contribution < -0.4 is 11.3 Å². The molecule has 0 aromatic heterocycles. The van der Waals surface area contributed by atoms with Gasteiger partial charge in [-0.2, -0.15) is 0 Å². The zero-order chi connectivity index (χ0) is 12.1. The SMILES string of the molecule is NNCC(O)(c1ccccc1)c1ccccc1. The predicted molar refractivity (Wildman–Crippen MR) is 68.1 cm³/mol. The summed E-state index contributed by atoms with van der Waals surface area (Å²) in [6, 6.07) is 19.0. The van der Waals surface area contributed by atoms with E-state index >= 15 is 0 Å². The monoisotopic (exact) mass is 228 g/mol. The van der Waals surface area contributed by atoms with Crippen molar-refractivity contribution in [2.75, 3.05) is 6.54 Å². The van der Waals surface area contributed by atoms with Crippen LogP contribution in [0, 0.1) is 0 Å². The van der Waals surface area contributed by atoms with Gasteiger partial charge in [-0.1, -0.05) is 60.7 Å². The Morgan fingerprint density at radius 2 is 1.29 bits per heavy atom. The lowest BCUT2D eigenvalue weighted by molar-refractivity contribution is 0.0802. The maximum atomic E-state index is 10.8. The molecule has 0 saturated heterocycles. The number of hydrogen-bond donors (Lipinski definition) is 3. The average molecular weight is 228 g/mol. The highest BCUT2D eigenvalue weighted by atomic mass is 16.3. The Kier molecular flexibility index (Phi) is 3.54. The van der Waals surface area contributed by atoms with E-state index in [0.29, 0.717) is 0 Å². The van der Waals surface area contributed by atoms with Gasteiger partial charge >= 0.3 is 0 Å². The molecule has 0 bridgehead atoms.